The number of sulfonamides is 1. The topological polar surface area (TPSA) is 74.8 Å². The Hall–Kier alpha value is -1.18. The molecule has 0 spiro atoms. The Morgan fingerprint density at radius 2 is 2.11 bits per heavy atom. The molecule has 1 aromatic carbocycles. The van der Waals surface area contributed by atoms with Gasteiger partial charge >= 0.3 is 0 Å². The fourth-order valence-corrected chi connectivity index (χ4v) is 3.33. The first-order chi connectivity index (χ1) is 8.50. The van der Waals surface area contributed by atoms with E-state index in [-0.39, 0.29) is 10.9 Å². The summed E-state index contributed by atoms with van der Waals surface area (Å²) in [5.41, 5.74) is 0.879. The maximum atomic E-state index is 12.0. The Bertz CT molecular complexity index is 625. The molecule has 1 unspecified atom stereocenters. The first-order valence-electron chi connectivity index (χ1n) is 5.26. The molecule has 5 nitrogen and oxygen atoms in total. The Balaban J connectivity index is 2.23. The van der Waals surface area contributed by atoms with E-state index in [1.54, 1.807) is 6.92 Å². The highest BCUT2D eigenvalue weighted by Crippen LogP contribution is 2.24. The Labute approximate surface area is 114 Å². The van der Waals surface area contributed by atoms with Crippen LogP contribution in [0.1, 0.15) is 18.5 Å². The van der Waals surface area contributed by atoms with Gasteiger partial charge in [-0.1, -0.05) is 34.1 Å². The Morgan fingerprint density at radius 1 is 1.39 bits per heavy atom. The maximum absolute atomic E-state index is 12.0. The van der Waals surface area contributed by atoms with Crippen LogP contribution < -0.4 is 4.72 Å². The van der Waals surface area contributed by atoms with Gasteiger partial charge in [0.15, 0.2) is 0 Å². The smallest absolute Gasteiger partial charge is 0.244 e. The van der Waals surface area contributed by atoms with E-state index in [9.17, 15) is 8.42 Å². The number of nitrogens with one attached hydrogen (secondary N) is 2. The molecule has 1 atom stereocenters. The van der Waals surface area contributed by atoms with Gasteiger partial charge < -0.3 is 0 Å². The van der Waals surface area contributed by atoms with Gasteiger partial charge in [-0.3, -0.25) is 5.10 Å². The van der Waals surface area contributed by atoms with Crippen LogP contribution in [0.3, 0.4) is 0 Å². The van der Waals surface area contributed by atoms with Crippen molar-refractivity contribution in [2.24, 2.45) is 0 Å². The van der Waals surface area contributed by atoms with E-state index in [1.807, 2.05) is 24.3 Å². The summed E-state index contributed by atoms with van der Waals surface area (Å²) >= 11 is 3.40. The second kappa shape index (κ2) is 5.21. The molecule has 96 valence electrons. The van der Waals surface area contributed by atoms with Crippen molar-refractivity contribution in [3.63, 3.8) is 0 Å². The first kappa shape index (κ1) is 13.3. The lowest BCUT2D eigenvalue weighted by molar-refractivity contribution is 0.566. The number of hydrogen-bond donors (Lipinski definition) is 2. The van der Waals surface area contributed by atoms with Crippen molar-refractivity contribution in [1.82, 2.24) is 14.9 Å². The highest BCUT2D eigenvalue weighted by Gasteiger charge is 2.20. The normalized spacial score (nSPS) is 13.4. The van der Waals surface area contributed by atoms with E-state index in [2.05, 4.69) is 30.8 Å². The molecule has 2 rings (SSSR count). The summed E-state index contributed by atoms with van der Waals surface area (Å²) in [6, 6.07) is 7.15. The standard InChI is InChI=1S/C11H12BrN3O2S/c1-8(10-4-2-3-5-11(10)12)15-18(16,17)9-6-13-14-7-9/h2-8,15H,1H3,(H,13,14). The Kier molecular flexibility index (Phi) is 3.84. The van der Waals surface area contributed by atoms with Gasteiger partial charge in [0.1, 0.15) is 4.90 Å². The summed E-state index contributed by atoms with van der Waals surface area (Å²) in [4.78, 5) is 0.126. The third-order valence-electron chi connectivity index (χ3n) is 2.49. The molecular weight excluding hydrogens is 318 g/mol. The van der Waals surface area contributed by atoms with Crippen LogP contribution in [0.5, 0.6) is 0 Å². The number of halogens is 1. The van der Waals surface area contributed by atoms with Crippen molar-refractivity contribution in [2.75, 3.05) is 0 Å². The number of H-pyrrole nitrogens is 1. The Morgan fingerprint density at radius 3 is 2.72 bits per heavy atom. The van der Waals surface area contributed by atoms with Gasteiger partial charge in [-0.05, 0) is 18.6 Å². The lowest BCUT2D eigenvalue weighted by Crippen LogP contribution is -2.26. The molecule has 0 aliphatic rings. The number of nitrogens with zero attached hydrogens (tertiary/aromatic N) is 1. The molecule has 7 heteroatoms. The van der Waals surface area contributed by atoms with Crippen LogP contribution in [0.25, 0.3) is 0 Å². The van der Waals surface area contributed by atoms with E-state index >= 15 is 0 Å². The van der Waals surface area contributed by atoms with Crippen LogP contribution in [0.15, 0.2) is 46.0 Å². The van der Waals surface area contributed by atoms with Crippen molar-refractivity contribution in [2.45, 2.75) is 17.9 Å². The lowest BCUT2D eigenvalue weighted by Gasteiger charge is -2.15. The zero-order valence-electron chi connectivity index (χ0n) is 9.59. The van der Waals surface area contributed by atoms with Crippen molar-refractivity contribution in [3.8, 4) is 0 Å². The third kappa shape index (κ3) is 2.80. The number of aromatic nitrogens is 2. The molecule has 0 fully saturated rings. The number of rotatable bonds is 4. The van der Waals surface area contributed by atoms with E-state index in [1.165, 1.54) is 12.4 Å². The molecule has 2 N–H and O–H groups in total. The van der Waals surface area contributed by atoms with E-state index in [0.717, 1.165) is 10.0 Å². The molecule has 2 aromatic rings. The SMILES string of the molecule is CC(NS(=O)(=O)c1cn[nH]c1)c1ccccc1Br. The summed E-state index contributed by atoms with van der Waals surface area (Å²) in [7, 11) is -3.55. The van der Waals surface area contributed by atoms with Crippen molar-refractivity contribution in [3.05, 3.63) is 46.7 Å². The molecule has 0 aliphatic heterocycles. The predicted molar refractivity (Wildman–Crippen MR) is 71.5 cm³/mol. The number of hydrogen-bond acceptors (Lipinski definition) is 3. The molecule has 0 amide bonds. The van der Waals surface area contributed by atoms with Crippen molar-refractivity contribution < 1.29 is 8.42 Å². The van der Waals surface area contributed by atoms with E-state index in [4.69, 9.17) is 0 Å². The first-order valence-corrected chi connectivity index (χ1v) is 7.54. The fraction of sp³-hybridized carbons (Fsp3) is 0.182. The van der Waals surface area contributed by atoms with Gasteiger partial charge in [-0.2, -0.15) is 5.10 Å². The van der Waals surface area contributed by atoms with Crippen LogP contribution in [-0.2, 0) is 10.0 Å². The minimum atomic E-state index is -3.55. The largest absolute Gasteiger partial charge is 0.284 e. The molecule has 0 saturated carbocycles. The summed E-state index contributed by atoms with van der Waals surface area (Å²) < 4.78 is 27.5. The van der Waals surface area contributed by atoms with Crippen LogP contribution >= 0.6 is 15.9 Å². The molecule has 0 saturated heterocycles. The third-order valence-corrected chi connectivity index (χ3v) is 4.72. The average Bonchev–Trinajstić information content (AvgIpc) is 2.82. The minimum absolute atomic E-state index is 0.126. The zero-order valence-corrected chi connectivity index (χ0v) is 12.0. The second-order valence-corrected chi connectivity index (χ2v) is 6.37. The number of benzene rings is 1. The summed E-state index contributed by atoms with van der Waals surface area (Å²) in [5, 5.41) is 6.11. The highest BCUT2D eigenvalue weighted by atomic mass is 79.9. The highest BCUT2D eigenvalue weighted by molar-refractivity contribution is 9.10. The second-order valence-electron chi connectivity index (χ2n) is 3.80. The maximum Gasteiger partial charge on any atom is 0.244 e. The van der Waals surface area contributed by atoms with Crippen LogP contribution in [-0.4, -0.2) is 18.6 Å². The van der Waals surface area contributed by atoms with Crippen LogP contribution in [0, 0.1) is 0 Å². The molecule has 1 aromatic heterocycles. The van der Waals surface area contributed by atoms with E-state index < -0.39 is 10.0 Å². The molecule has 0 bridgehead atoms. The van der Waals surface area contributed by atoms with Gasteiger partial charge in [0.05, 0.1) is 6.20 Å². The van der Waals surface area contributed by atoms with Gasteiger partial charge in [0.2, 0.25) is 10.0 Å². The average molecular weight is 330 g/mol. The summed E-state index contributed by atoms with van der Waals surface area (Å²) in [6.07, 6.45) is 2.62. The number of aromatic amines is 1. The summed E-state index contributed by atoms with van der Waals surface area (Å²) in [5.74, 6) is 0. The van der Waals surface area contributed by atoms with Gasteiger partial charge in [-0.15, -0.1) is 0 Å². The molecule has 0 aliphatic carbocycles. The van der Waals surface area contributed by atoms with Crippen LogP contribution in [0.4, 0.5) is 0 Å². The quantitative estimate of drug-likeness (QED) is 0.903. The van der Waals surface area contributed by atoms with Crippen molar-refractivity contribution >= 4 is 26.0 Å². The lowest BCUT2D eigenvalue weighted by atomic mass is 10.1. The van der Waals surface area contributed by atoms with Gasteiger partial charge in [0.25, 0.3) is 0 Å². The molecule has 18 heavy (non-hydrogen) atoms. The predicted octanol–water partition coefficient (Wildman–Crippen LogP) is 2.21. The monoisotopic (exact) mass is 329 g/mol. The molecule has 0 radical (unpaired) electrons. The van der Waals surface area contributed by atoms with E-state index in [0.29, 0.717) is 0 Å². The van der Waals surface area contributed by atoms with Crippen molar-refractivity contribution in [1.29, 1.82) is 0 Å². The van der Waals surface area contributed by atoms with Gasteiger partial charge in [-0.25, -0.2) is 13.1 Å². The molecule has 1 heterocycles. The molecular formula is C11H12BrN3O2S. The minimum Gasteiger partial charge on any atom is -0.284 e. The summed E-state index contributed by atoms with van der Waals surface area (Å²) in [6.45, 7) is 1.79. The van der Waals surface area contributed by atoms with Gasteiger partial charge in [0, 0.05) is 16.7 Å². The van der Waals surface area contributed by atoms with Crippen LogP contribution in [0.2, 0.25) is 0 Å². The fourth-order valence-electron chi connectivity index (χ4n) is 1.58. The zero-order chi connectivity index (χ0) is 13.2.